The highest BCUT2D eigenvalue weighted by Gasteiger charge is 2.50. The Balaban J connectivity index is 1.78. The molecule has 72 valence electrons. The summed E-state index contributed by atoms with van der Waals surface area (Å²) in [5, 5.41) is 3.00. The lowest BCUT2D eigenvalue weighted by Crippen LogP contribution is -2.21. The molecular weight excluding hydrogens is 162 g/mol. The van der Waals surface area contributed by atoms with Gasteiger partial charge in [0.15, 0.2) is 0 Å². The maximum Gasteiger partial charge on any atom is 0.220 e. The second-order valence-electron chi connectivity index (χ2n) is 5.31. The summed E-state index contributed by atoms with van der Waals surface area (Å²) in [5.74, 6) is 2.22. The van der Waals surface area contributed by atoms with Gasteiger partial charge in [-0.3, -0.25) is 4.79 Å². The molecule has 1 spiro atoms. The predicted molar refractivity (Wildman–Crippen MR) is 50.1 cm³/mol. The lowest BCUT2D eigenvalue weighted by molar-refractivity contribution is -0.119. The molecule has 1 unspecified atom stereocenters. The molecule has 0 radical (unpaired) electrons. The molecule has 0 bridgehead atoms. The lowest BCUT2D eigenvalue weighted by atomic mass is 9.83. The summed E-state index contributed by atoms with van der Waals surface area (Å²) in [6.07, 6.45) is 7.78. The number of hydrogen-bond acceptors (Lipinski definition) is 1. The van der Waals surface area contributed by atoms with Crippen molar-refractivity contribution < 1.29 is 4.79 Å². The van der Waals surface area contributed by atoms with Gasteiger partial charge in [-0.1, -0.05) is 19.3 Å². The van der Waals surface area contributed by atoms with Crippen molar-refractivity contribution in [2.24, 2.45) is 17.3 Å². The van der Waals surface area contributed by atoms with Crippen molar-refractivity contribution in [3.63, 3.8) is 0 Å². The summed E-state index contributed by atoms with van der Waals surface area (Å²) >= 11 is 0. The summed E-state index contributed by atoms with van der Waals surface area (Å²) in [6, 6.07) is 0. The van der Waals surface area contributed by atoms with Gasteiger partial charge in [-0.2, -0.15) is 0 Å². The Hall–Kier alpha value is -0.530. The summed E-state index contributed by atoms with van der Waals surface area (Å²) in [5.41, 5.74) is 0.396. The third-order valence-electron chi connectivity index (χ3n) is 4.40. The molecule has 3 aliphatic rings. The first-order chi connectivity index (χ1) is 6.27. The minimum atomic E-state index is 0.292. The van der Waals surface area contributed by atoms with Crippen LogP contribution >= 0.6 is 0 Å². The van der Waals surface area contributed by atoms with E-state index in [1.165, 1.54) is 32.1 Å². The molecule has 1 amide bonds. The number of nitrogens with one attached hydrogen (secondary N) is 1. The van der Waals surface area contributed by atoms with Crippen LogP contribution in [0.15, 0.2) is 0 Å². The molecule has 2 heteroatoms. The topological polar surface area (TPSA) is 29.1 Å². The van der Waals surface area contributed by atoms with Crippen molar-refractivity contribution in [1.29, 1.82) is 0 Å². The van der Waals surface area contributed by atoms with Crippen LogP contribution in [0.1, 0.15) is 38.5 Å². The fourth-order valence-corrected chi connectivity index (χ4v) is 3.89. The summed E-state index contributed by atoms with van der Waals surface area (Å²) in [7, 11) is 0. The molecule has 1 saturated heterocycles. The molecule has 2 aliphatic carbocycles. The second-order valence-corrected chi connectivity index (χ2v) is 5.31. The summed E-state index contributed by atoms with van der Waals surface area (Å²) < 4.78 is 0. The number of carbonyl (C=O) groups is 1. The zero-order valence-electron chi connectivity index (χ0n) is 8.01. The van der Waals surface area contributed by atoms with Crippen LogP contribution in [0.5, 0.6) is 0 Å². The number of rotatable bonds is 0. The Labute approximate surface area is 79.1 Å². The first kappa shape index (κ1) is 7.84. The molecule has 3 rings (SSSR count). The molecule has 13 heavy (non-hydrogen) atoms. The van der Waals surface area contributed by atoms with Gasteiger partial charge in [0.25, 0.3) is 0 Å². The number of hydrogen-bond donors (Lipinski definition) is 1. The van der Waals surface area contributed by atoms with Gasteiger partial charge in [0.1, 0.15) is 0 Å². The molecule has 1 N–H and O–H groups in total. The van der Waals surface area contributed by atoms with Crippen LogP contribution in [0.25, 0.3) is 0 Å². The molecule has 3 fully saturated rings. The van der Waals surface area contributed by atoms with E-state index in [-0.39, 0.29) is 0 Å². The average Bonchev–Trinajstić information content (AvgIpc) is 2.67. The van der Waals surface area contributed by atoms with E-state index in [1.54, 1.807) is 0 Å². The average molecular weight is 179 g/mol. The van der Waals surface area contributed by atoms with E-state index in [2.05, 4.69) is 5.32 Å². The molecule has 3 atom stereocenters. The second kappa shape index (κ2) is 2.49. The molecule has 0 aromatic heterocycles. The van der Waals surface area contributed by atoms with Gasteiger partial charge in [0, 0.05) is 13.0 Å². The van der Waals surface area contributed by atoms with Crippen molar-refractivity contribution in [3.8, 4) is 0 Å². The largest absolute Gasteiger partial charge is 0.356 e. The van der Waals surface area contributed by atoms with Gasteiger partial charge in [0.05, 0.1) is 0 Å². The van der Waals surface area contributed by atoms with Gasteiger partial charge >= 0.3 is 0 Å². The number of carbonyl (C=O) groups excluding carboxylic acids is 1. The van der Waals surface area contributed by atoms with Gasteiger partial charge in [-0.05, 0) is 30.1 Å². The molecule has 2 nitrogen and oxygen atoms in total. The monoisotopic (exact) mass is 179 g/mol. The standard InChI is InChI=1S/C11H17NO/c13-10-6-11(7-12-10)4-8-2-1-3-9(8)5-11/h8-9H,1-7H2,(H,12,13)/t8-,9+,11?. The third kappa shape index (κ3) is 1.11. The zero-order valence-corrected chi connectivity index (χ0v) is 8.01. The normalized spacial score (nSPS) is 48.5. The molecular formula is C11H17NO. The van der Waals surface area contributed by atoms with Crippen molar-refractivity contribution in [2.75, 3.05) is 6.54 Å². The van der Waals surface area contributed by atoms with E-state index in [0.29, 0.717) is 11.3 Å². The minimum absolute atomic E-state index is 0.292. The highest BCUT2D eigenvalue weighted by atomic mass is 16.1. The van der Waals surface area contributed by atoms with E-state index in [1.807, 2.05) is 0 Å². The quantitative estimate of drug-likeness (QED) is 0.602. The Bertz CT molecular complexity index is 236. The van der Waals surface area contributed by atoms with E-state index >= 15 is 0 Å². The van der Waals surface area contributed by atoms with Crippen LogP contribution in [0, 0.1) is 17.3 Å². The van der Waals surface area contributed by atoms with Crippen LogP contribution in [-0.4, -0.2) is 12.5 Å². The lowest BCUT2D eigenvalue weighted by Gasteiger charge is -2.21. The smallest absolute Gasteiger partial charge is 0.220 e. The summed E-state index contributed by atoms with van der Waals surface area (Å²) in [4.78, 5) is 11.2. The fraction of sp³-hybridized carbons (Fsp3) is 0.909. The summed E-state index contributed by atoms with van der Waals surface area (Å²) in [6.45, 7) is 0.971. The first-order valence-electron chi connectivity index (χ1n) is 5.54. The molecule has 1 aliphatic heterocycles. The fourth-order valence-electron chi connectivity index (χ4n) is 3.89. The van der Waals surface area contributed by atoms with Gasteiger partial charge in [-0.15, -0.1) is 0 Å². The Morgan fingerprint density at radius 3 is 2.46 bits per heavy atom. The number of amides is 1. The van der Waals surface area contributed by atoms with Crippen LogP contribution in [0.4, 0.5) is 0 Å². The van der Waals surface area contributed by atoms with Crippen molar-refractivity contribution >= 4 is 5.91 Å². The van der Waals surface area contributed by atoms with Crippen LogP contribution in [0.2, 0.25) is 0 Å². The molecule has 0 aromatic rings. The van der Waals surface area contributed by atoms with Crippen LogP contribution < -0.4 is 5.32 Å². The van der Waals surface area contributed by atoms with E-state index in [0.717, 1.165) is 24.8 Å². The van der Waals surface area contributed by atoms with E-state index < -0.39 is 0 Å². The van der Waals surface area contributed by atoms with Gasteiger partial charge in [0.2, 0.25) is 5.91 Å². The minimum Gasteiger partial charge on any atom is -0.356 e. The van der Waals surface area contributed by atoms with Crippen LogP contribution in [0.3, 0.4) is 0 Å². The highest BCUT2D eigenvalue weighted by molar-refractivity contribution is 5.79. The van der Waals surface area contributed by atoms with Crippen LogP contribution in [-0.2, 0) is 4.79 Å². The SMILES string of the molecule is O=C1CC2(CN1)C[C@H]1CCC[C@H]1C2. The van der Waals surface area contributed by atoms with Crippen molar-refractivity contribution in [1.82, 2.24) is 5.32 Å². The molecule has 1 heterocycles. The maximum absolute atomic E-state index is 11.2. The Morgan fingerprint density at radius 1 is 1.23 bits per heavy atom. The van der Waals surface area contributed by atoms with Gasteiger partial charge < -0.3 is 5.32 Å². The third-order valence-corrected chi connectivity index (χ3v) is 4.40. The highest BCUT2D eigenvalue weighted by Crippen LogP contribution is 2.55. The van der Waals surface area contributed by atoms with Crippen molar-refractivity contribution in [3.05, 3.63) is 0 Å². The predicted octanol–water partition coefficient (Wildman–Crippen LogP) is 1.70. The van der Waals surface area contributed by atoms with E-state index in [9.17, 15) is 4.79 Å². The van der Waals surface area contributed by atoms with Gasteiger partial charge in [-0.25, -0.2) is 0 Å². The number of fused-ring (bicyclic) bond motifs is 1. The van der Waals surface area contributed by atoms with Crippen molar-refractivity contribution in [2.45, 2.75) is 38.5 Å². The Morgan fingerprint density at radius 2 is 1.92 bits per heavy atom. The molecule has 0 aromatic carbocycles. The zero-order chi connectivity index (χ0) is 8.89. The Kier molecular flexibility index (Phi) is 1.50. The van der Waals surface area contributed by atoms with E-state index in [4.69, 9.17) is 0 Å². The first-order valence-corrected chi connectivity index (χ1v) is 5.54. The maximum atomic E-state index is 11.2. The molecule has 2 saturated carbocycles.